The van der Waals surface area contributed by atoms with Crippen molar-refractivity contribution in [3.63, 3.8) is 0 Å². The molecule has 0 aromatic heterocycles. The first-order chi connectivity index (χ1) is 15.0. The molecule has 2 aromatic carbocycles. The maximum atomic E-state index is 13.2. The van der Waals surface area contributed by atoms with Crippen molar-refractivity contribution in [3.05, 3.63) is 58.1 Å². The Hall–Kier alpha value is -2.44. The number of ether oxygens (including phenoxy) is 2. The van der Waals surface area contributed by atoms with E-state index < -0.39 is 11.6 Å². The lowest BCUT2D eigenvalue weighted by Gasteiger charge is -2.33. The molecule has 2 aromatic rings. The Morgan fingerprint density at radius 1 is 1.12 bits per heavy atom. The molecule has 0 radical (unpaired) electrons. The highest BCUT2D eigenvalue weighted by atomic mass is 35.5. The summed E-state index contributed by atoms with van der Waals surface area (Å²) in [4.78, 5) is 27.8. The molecule has 0 unspecified atom stereocenters. The van der Waals surface area contributed by atoms with Gasteiger partial charge in [-0.2, -0.15) is 0 Å². The van der Waals surface area contributed by atoms with Crippen LogP contribution in [-0.4, -0.2) is 42.0 Å². The summed E-state index contributed by atoms with van der Waals surface area (Å²) in [6, 6.07) is 11.5. The van der Waals surface area contributed by atoms with E-state index >= 15 is 0 Å². The molecular weight excluding hydrogens is 451 g/mol. The summed E-state index contributed by atoms with van der Waals surface area (Å²) in [6.07, 6.45) is 0.444. The first-order valence-corrected chi connectivity index (χ1v) is 11.1. The number of amides is 2. The number of rotatable bonds is 9. The van der Waals surface area contributed by atoms with E-state index in [2.05, 4.69) is 5.32 Å². The van der Waals surface area contributed by atoms with E-state index in [0.717, 1.165) is 5.56 Å². The van der Waals surface area contributed by atoms with Crippen LogP contribution < -0.4 is 14.8 Å². The Bertz CT molecular complexity index is 944. The summed E-state index contributed by atoms with van der Waals surface area (Å²) in [6.45, 7) is 7.52. The fourth-order valence-corrected chi connectivity index (χ4v) is 3.62. The van der Waals surface area contributed by atoms with E-state index in [9.17, 15) is 9.59 Å². The van der Waals surface area contributed by atoms with E-state index in [0.29, 0.717) is 28.0 Å². The Kier molecular flexibility index (Phi) is 9.22. The van der Waals surface area contributed by atoms with E-state index in [1.54, 1.807) is 25.3 Å². The summed E-state index contributed by atoms with van der Waals surface area (Å²) < 4.78 is 10.9. The number of nitrogens with one attached hydrogen (secondary N) is 1. The van der Waals surface area contributed by atoms with Gasteiger partial charge in [-0.15, -0.1) is 0 Å². The van der Waals surface area contributed by atoms with E-state index in [1.165, 1.54) is 4.90 Å². The molecule has 8 heteroatoms. The molecule has 0 aliphatic rings. The highest BCUT2D eigenvalue weighted by molar-refractivity contribution is 6.35. The molecule has 0 saturated heterocycles. The van der Waals surface area contributed by atoms with Gasteiger partial charge in [0.1, 0.15) is 17.5 Å². The molecule has 6 nitrogen and oxygen atoms in total. The van der Waals surface area contributed by atoms with Gasteiger partial charge in [-0.25, -0.2) is 0 Å². The standard InChI is InChI=1S/C24H30Cl2N2O4/c1-6-20(23(30)27-24(2,3)4)28(14-16-8-7-9-18(12-16)31-5)22(29)15-32-21-11-10-17(25)13-19(21)26/h7-13,20H,6,14-15H2,1-5H3,(H,27,30)/t20-/m0/s1. The van der Waals surface area contributed by atoms with Gasteiger partial charge < -0.3 is 19.7 Å². The van der Waals surface area contributed by atoms with Crippen LogP contribution in [0, 0.1) is 0 Å². The first-order valence-electron chi connectivity index (χ1n) is 10.4. The zero-order valence-electron chi connectivity index (χ0n) is 19.1. The maximum Gasteiger partial charge on any atom is 0.261 e. The predicted octanol–water partition coefficient (Wildman–Crippen LogP) is 5.10. The van der Waals surface area contributed by atoms with Crippen LogP contribution in [0.5, 0.6) is 11.5 Å². The molecule has 0 spiro atoms. The summed E-state index contributed by atoms with van der Waals surface area (Å²) in [7, 11) is 1.58. The van der Waals surface area contributed by atoms with Gasteiger partial charge in [0.25, 0.3) is 5.91 Å². The van der Waals surface area contributed by atoms with Crippen LogP contribution in [0.15, 0.2) is 42.5 Å². The van der Waals surface area contributed by atoms with Crippen molar-refractivity contribution in [2.45, 2.75) is 52.2 Å². The zero-order chi connectivity index (χ0) is 23.9. The molecule has 32 heavy (non-hydrogen) atoms. The Morgan fingerprint density at radius 3 is 2.44 bits per heavy atom. The van der Waals surface area contributed by atoms with Crippen LogP contribution in [-0.2, 0) is 16.1 Å². The summed E-state index contributed by atoms with van der Waals surface area (Å²) in [5.74, 6) is 0.458. The van der Waals surface area contributed by atoms with E-state index in [-0.39, 0.29) is 25.0 Å². The van der Waals surface area contributed by atoms with Gasteiger partial charge in [0.2, 0.25) is 5.91 Å². The molecule has 2 rings (SSSR count). The number of methoxy groups -OCH3 is 1. The fourth-order valence-electron chi connectivity index (χ4n) is 3.15. The van der Waals surface area contributed by atoms with Gasteiger partial charge in [0.15, 0.2) is 6.61 Å². The van der Waals surface area contributed by atoms with Crippen molar-refractivity contribution < 1.29 is 19.1 Å². The normalized spacial score (nSPS) is 12.1. The molecule has 0 heterocycles. The number of carbonyl (C=O) groups excluding carboxylic acids is 2. The molecular formula is C24H30Cl2N2O4. The molecule has 1 N–H and O–H groups in total. The third kappa shape index (κ3) is 7.61. The SMILES string of the molecule is CC[C@@H](C(=O)NC(C)(C)C)N(Cc1cccc(OC)c1)C(=O)COc1ccc(Cl)cc1Cl. The lowest BCUT2D eigenvalue weighted by Crippen LogP contribution is -2.54. The quantitative estimate of drug-likeness (QED) is 0.541. The molecule has 0 aliphatic carbocycles. The van der Waals surface area contributed by atoms with Gasteiger partial charge in [0, 0.05) is 17.1 Å². The minimum absolute atomic E-state index is 0.222. The minimum Gasteiger partial charge on any atom is -0.497 e. The molecule has 0 fully saturated rings. The zero-order valence-corrected chi connectivity index (χ0v) is 20.6. The van der Waals surface area contributed by atoms with E-state index in [1.807, 2.05) is 52.0 Å². The van der Waals surface area contributed by atoms with Crippen LogP contribution in [0.2, 0.25) is 10.0 Å². The lowest BCUT2D eigenvalue weighted by atomic mass is 10.1. The number of halogens is 2. The van der Waals surface area contributed by atoms with Gasteiger partial charge in [-0.05, 0) is 63.1 Å². The van der Waals surface area contributed by atoms with E-state index in [4.69, 9.17) is 32.7 Å². The van der Waals surface area contributed by atoms with Gasteiger partial charge in [-0.3, -0.25) is 9.59 Å². The smallest absolute Gasteiger partial charge is 0.261 e. The molecule has 0 saturated carbocycles. The highest BCUT2D eigenvalue weighted by Gasteiger charge is 2.31. The molecule has 0 bridgehead atoms. The van der Waals surface area contributed by atoms with Crippen LogP contribution in [0.1, 0.15) is 39.7 Å². The number of carbonyl (C=O) groups is 2. The van der Waals surface area contributed by atoms with Crippen LogP contribution in [0.3, 0.4) is 0 Å². The summed E-state index contributed by atoms with van der Waals surface area (Å²) in [5.41, 5.74) is 0.409. The number of hydrogen-bond acceptors (Lipinski definition) is 4. The van der Waals surface area contributed by atoms with Gasteiger partial charge in [-0.1, -0.05) is 42.3 Å². The second kappa shape index (κ2) is 11.4. The molecule has 0 aliphatic heterocycles. The van der Waals surface area contributed by atoms with Crippen LogP contribution in [0.4, 0.5) is 0 Å². The summed E-state index contributed by atoms with van der Waals surface area (Å²) in [5, 5.41) is 3.75. The average molecular weight is 481 g/mol. The Morgan fingerprint density at radius 2 is 1.84 bits per heavy atom. The van der Waals surface area contributed by atoms with Crippen molar-refractivity contribution in [2.24, 2.45) is 0 Å². The maximum absolute atomic E-state index is 13.2. The van der Waals surface area contributed by atoms with Crippen LogP contribution >= 0.6 is 23.2 Å². The summed E-state index contributed by atoms with van der Waals surface area (Å²) >= 11 is 12.1. The second-order valence-electron chi connectivity index (χ2n) is 8.40. The van der Waals surface area contributed by atoms with Crippen molar-refractivity contribution in [3.8, 4) is 11.5 Å². The largest absolute Gasteiger partial charge is 0.497 e. The molecule has 1 atom stereocenters. The van der Waals surface area contributed by atoms with Crippen molar-refractivity contribution in [2.75, 3.05) is 13.7 Å². The third-order valence-electron chi connectivity index (χ3n) is 4.62. The van der Waals surface area contributed by atoms with Crippen LogP contribution in [0.25, 0.3) is 0 Å². The van der Waals surface area contributed by atoms with Crippen molar-refractivity contribution >= 4 is 35.0 Å². The number of benzene rings is 2. The number of hydrogen-bond donors (Lipinski definition) is 1. The molecule has 2 amide bonds. The monoisotopic (exact) mass is 480 g/mol. The minimum atomic E-state index is -0.669. The topological polar surface area (TPSA) is 67.9 Å². The average Bonchev–Trinajstić information content (AvgIpc) is 2.71. The fraction of sp³-hybridized carbons (Fsp3) is 0.417. The van der Waals surface area contributed by atoms with Crippen molar-refractivity contribution in [1.82, 2.24) is 10.2 Å². The Balaban J connectivity index is 2.28. The Labute approximate surface area is 199 Å². The van der Waals surface area contributed by atoms with Gasteiger partial charge in [0.05, 0.1) is 12.1 Å². The highest BCUT2D eigenvalue weighted by Crippen LogP contribution is 2.27. The second-order valence-corrected chi connectivity index (χ2v) is 9.24. The third-order valence-corrected chi connectivity index (χ3v) is 5.15. The number of nitrogens with zero attached hydrogens (tertiary/aromatic N) is 1. The predicted molar refractivity (Wildman–Crippen MR) is 127 cm³/mol. The van der Waals surface area contributed by atoms with Crippen molar-refractivity contribution in [1.29, 1.82) is 0 Å². The first kappa shape index (κ1) is 25.8. The van der Waals surface area contributed by atoms with Gasteiger partial charge >= 0.3 is 0 Å². The molecule has 174 valence electrons. The lowest BCUT2D eigenvalue weighted by molar-refractivity contribution is -0.143.